The Hall–Kier alpha value is -2.34. The molecular weight excluding hydrogens is 290 g/mol. The molecule has 1 aliphatic heterocycles. The number of carbonyl (C=O) groups excluding carboxylic acids is 1. The lowest BCUT2D eigenvalue weighted by Gasteiger charge is -2.09. The highest BCUT2D eigenvalue weighted by Crippen LogP contribution is 2.22. The van der Waals surface area contributed by atoms with Gasteiger partial charge in [0, 0.05) is 37.3 Å². The second-order valence-electron chi connectivity index (χ2n) is 5.75. The van der Waals surface area contributed by atoms with Crippen LogP contribution in [0, 0.1) is 0 Å². The van der Waals surface area contributed by atoms with Crippen LogP contribution in [0.3, 0.4) is 0 Å². The van der Waals surface area contributed by atoms with Crippen LogP contribution in [-0.2, 0) is 13.0 Å². The smallest absolute Gasteiger partial charge is 0.319 e. The Balaban J connectivity index is 1.63. The lowest BCUT2D eigenvalue weighted by Crippen LogP contribution is -2.29. The molecule has 0 fully saturated rings. The number of nitrogens with one attached hydrogen (secondary N) is 4. The summed E-state index contributed by atoms with van der Waals surface area (Å²) in [6.07, 6.45) is 3.02. The summed E-state index contributed by atoms with van der Waals surface area (Å²) in [6.45, 7) is 4.63. The van der Waals surface area contributed by atoms with Crippen molar-refractivity contribution < 1.29 is 4.79 Å². The zero-order valence-corrected chi connectivity index (χ0v) is 13.4. The second kappa shape index (κ2) is 7.28. The monoisotopic (exact) mass is 313 g/mol. The molecule has 2 heterocycles. The number of hydrogen-bond donors (Lipinski definition) is 4. The molecule has 0 unspecified atom stereocenters. The number of imidazole rings is 1. The van der Waals surface area contributed by atoms with Crippen molar-refractivity contribution >= 4 is 11.7 Å². The molecule has 0 bridgehead atoms. The van der Waals surface area contributed by atoms with Gasteiger partial charge in [-0.15, -0.1) is 0 Å². The molecule has 6 nitrogen and oxygen atoms in total. The SMILES string of the molecule is CCCCNC(=O)Nc1ccc(-c2nc3c([nH]2)CNCC3)cc1. The number of benzene rings is 1. The first-order chi connectivity index (χ1) is 11.3. The zero-order valence-electron chi connectivity index (χ0n) is 13.4. The van der Waals surface area contributed by atoms with E-state index in [1.54, 1.807) is 0 Å². The molecule has 4 N–H and O–H groups in total. The van der Waals surface area contributed by atoms with Gasteiger partial charge in [-0.05, 0) is 30.7 Å². The van der Waals surface area contributed by atoms with E-state index >= 15 is 0 Å². The number of aromatic nitrogens is 2. The minimum atomic E-state index is -0.161. The Kier molecular flexibility index (Phi) is 4.92. The normalized spacial score (nSPS) is 13.4. The third-order valence-electron chi connectivity index (χ3n) is 3.94. The van der Waals surface area contributed by atoms with Crippen LogP contribution >= 0.6 is 0 Å². The Morgan fingerprint density at radius 3 is 2.87 bits per heavy atom. The molecule has 2 aromatic rings. The molecule has 6 heteroatoms. The van der Waals surface area contributed by atoms with E-state index in [2.05, 4.69) is 32.8 Å². The topological polar surface area (TPSA) is 81.8 Å². The average Bonchev–Trinajstić information content (AvgIpc) is 3.00. The van der Waals surface area contributed by atoms with Gasteiger partial charge in [0.1, 0.15) is 5.82 Å². The molecule has 0 aliphatic carbocycles. The van der Waals surface area contributed by atoms with Gasteiger partial charge in [-0.2, -0.15) is 0 Å². The Labute approximate surface area is 136 Å². The lowest BCUT2D eigenvalue weighted by molar-refractivity contribution is 0.252. The molecule has 0 saturated heterocycles. The molecule has 23 heavy (non-hydrogen) atoms. The summed E-state index contributed by atoms with van der Waals surface area (Å²) in [6, 6.07) is 7.58. The van der Waals surface area contributed by atoms with E-state index < -0.39 is 0 Å². The van der Waals surface area contributed by atoms with Crippen LogP contribution in [0.5, 0.6) is 0 Å². The van der Waals surface area contributed by atoms with Crippen LogP contribution in [-0.4, -0.2) is 29.1 Å². The number of nitrogens with zero attached hydrogens (tertiary/aromatic N) is 1. The van der Waals surface area contributed by atoms with Crippen LogP contribution in [0.25, 0.3) is 11.4 Å². The Morgan fingerprint density at radius 1 is 1.30 bits per heavy atom. The van der Waals surface area contributed by atoms with Gasteiger partial charge in [0.2, 0.25) is 0 Å². The highest BCUT2D eigenvalue weighted by atomic mass is 16.2. The number of urea groups is 1. The summed E-state index contributed by atoms with van der Waals surface area (Å²) in [5.41, 5.74) is 4.12. The predicted molar refractivity (Wildman–Crippen MR) is 91.4 cm³/mol. The molecule has 0 atom stereocenters. The molecule has 1 aromatic heterocycles. The van der Waals surface area contributed by atoms with Crippen molar-refractivity contribution in [3.05, 3.63) is 35.7 Å². The van der Waals surface area contributed by atoms with Crippen LogP contribution in [0.1, 0.15) is 31.2 Å². The van der Waals surface area contributed by atoms with Gasteiger partial charge in [0.25, 0.3) is 0 Å². The highest BCUT2D eigenvalue weighted by Gasteiger charge is 2.14. The molecule has 1 aliphatic rings. The molecular formula is C17H23N5O. The summed E-state index contributed by atoms with van der Waals surface area (Å²) < 4.78 is 0. The summed E-state index contributed by atoms with van der Waals surface area (Å²) in [5.74, 6) is 0.887. The van der Waals surface area contributed by atoms with Gasteiger partial charge in [-0.25, -0.2) is 9.78 Å². The molecule has 1 aromatic carbocycles. The maximum Gasteiger partial charge on any atom is 0.319 e. The first-order valence-electron chi connectivity index (χ1n) is 8.20. The van der Waals surface area contributed by atoms with E-state index in [4.69, 9.17) is 0 Å². The Morgan fingerprint density at radius 2 is 2.13 bits per heavy atom. The second-order valence-corrected chi connectivity index (χ2v) is 5.75. The number of H-pyrrole nitrogens is 1. The molecule has 0 radical (unpaired) electrons. The third kappa shape index (κ3) is 3.90. The number of rotatable bonds is 5. The van der Waals surface area contributed by atoms with E-state index in [0.717, 1.165) is 55.1 Å². The first-order valence-corrected chi connectivity index (χ1v) is 8.20. The van der Waals surface area contributed by atoms with Gasteiger partial charge in [0.05, 0.1) is 11.4 Å². The van der Waals surface area contributed by atoms with Crippen molar-refractivity contribution in [3.8, 4) is 11.4 Å². The van der Waals surface area contributed by atoms with Crippen molar-refractivity contribution in [2.75, 3.05) is 18.4 Å². The molecule has 0 saturated carbocycles. The first kappa shape index (κ1) is 15.6. The minimum Gasteiger partial charge on any atom is -0.341 e. The number of hydrogen-bond acceptors (Lipinski definition) is 3. The van der Waals surface area contributed by atoms with E-state index in [0.29, 0.717) is 6.54 Å². The van der Waals surface area contributed by atoms with E-state index in [9.17, 15) is 4.79 Å². The van der Waals surface area contributed by atoms with Gasteiger partial charge in [-0.3, -0.25) is 0 Å². The van der Waals surface area contributed by atoms with Crippen molar-refractivity contribution in [1.29, 1.82) is 0 Å². The van der Waals surface area contributed by atoms with E-state index in [1.807, 2.05) is 24.3 Å². The van der Waals surface area contributed by atoms with Crippen LogP contribution < -0.4 is 16.0 Å². The summed E-state index contributed by atoms with van der Waals surface area (Å²) >= 11 is 0. The minimum absolute atomic E-state index is 0.161. The number of unbranched alkanes of at least 4 members (excludes halogenated alkanes) is 1. The summed E-state index contributed by atoms with van der Waals surface area (Å²) in [7, 11) is 0. The Bertz CT molecular complexity index is 639. The van der Waals surface area contributed by atoms with Crippen molar-refractivity contribution in [3.63, 3.8) is 0 Å². The largest absolute Gasteiger partial charge is 0.341 e. The van der Waals surface area contributed by atoms with Gasteiger partial charge < -0.3 is 20.9 Å². The van der Waals surface area contributed by atoms with Gasteiger partial charge in [0.15, 0.2) is 0 Å². The maximum absolute atomic E-state index is 11.7. The fourth-order valence-corrected chi connectivity index (χ4v) is 2.62. The molecule has 3 rings (SSSR count). The molecule has 2 amide bonds. The van der Waals surface area contributed by atoms with Crippen LogP contribution in [0.4, 0.5) is 10.5 Å². The third-order valence-corrected chi connectivity index (χ3v) is 3.94. The predicted octanol–water partition coefficient (Wildman–Crippen LogP) is 2.64. The summed E-state index contributed by atoms with van der Waals surface area (Å²) in [4.78, 5) is 19.8. The van der Waals surface area contributed by atoms with Crippen molar-refractivity contribution in [2.24, 2.45) is 0 Å². The molecule has 122 valence electrons. The molecule has 0 spiro atoms. The standard InChI is InChI=1S/C17H23N5O/c1-2-3-9-19-17(23)20-13-6-4-12(5-7-13)16-21-14-8-10-18-11-15(14)22-16/h4-7,18H,2-3,8-11H2,1H3,(H,21,22)(H2,19,20,23). The fraction of sp³-hybridized carbons (Fsp3) is 0.412. The van der Waals surface area contributed by atoms with E-state index in [-0.39, 0.29) is 6.03 Å². The average molecular weight is 313 g/mol. The number of amides is 2. The maximum atomic E-state index is 11.7. The highest BCUT2D eigenvalue weighted by molar-refractivity contribution is 5.89. The number of fused-ring (bicyclic) bond motifs is 1. The van der Waals surface area contributed by atoms with Crippen LogP contribution in [0.2, 0.25) is 0 Å². The zero-order chi connectivity index (χ0) is 16.1. The van der Waals surface area contributed by atoms with Crippen molar-refractivity contribution in [1.82, 2.24) is 20.6 Å². The van der Waals surface area contributed by atoms with Gasteiger partial charge >= 0.3 is 6.03 Å². The number of carbonyl (C=O) groups is 1. The summed E-state index contributed by atoms with van der Waals surface area (Å²) in [5, 5.41) is 9.01. The van der Waals surface area contributed by atoms with E-state index in [1.165, 1.54) is 5.69 Å². The van der Waals surface area contributed by atoms with Crippen molar-refractivity contribution in [2.45, 2.75) is 32.7 Å². The fourth-order valence-electron chi connectivity index (χ4n) is 2.62. The number of anilines is 1. The quantitative estimate of drug-likeness (QED) is 0.641. The lowest BCUT2D eigenvalue weighted by atomic mass is 10.2. The van der Waals surface area contributed by atoms with Crippen LogP contribution in [0.15, 0.2) is 24.3 Å². The number of aromatic amines is 1. The van der Waals surface area contributed by atoms with Gasteiger partial charge in [-0.1, -0.05) is 13.3 Å².